The number of nitrogens with zero attached hydrogens (tertiary/aromatic N) is 3. The van der Waals surface area contributed by atoms with Gasteiger partial charge in [0.2, 0.25) is 0 Å². The van der Waals surface area contributed by atoms with Gasteiger partial charge in [0.05, 0.1) is 25.6 Å². The highest BCUT2D eigenvalue weighted by atomic mass is 16.5. The predicted molar refractivity (Wildman–Crippen MR) is 116 cm³/mol. The van der Waals surface area contributed by atoms with Gasteiger partial charge in [-0.3, -0.25) is 9.58 Å². The molecular weight excluding hydrogens is 376 g/mol. The van der Waals surface area contributed by atoms with E-state index in [0.717, 1.165) is 42.4 Å². The van der Waals surface area contributed by atoms with Gasteiger partial charge in [0.15, 0.2) is 0 Å². The Morgan fingerprint density at radius 1 is 1.23 bits per heavy atom. The van der Waals surface area contributed by atoms with Crippen LogP contribution in [0.1, 0.15) is 30.2 Å². The largest absolute Gasteiger partial charge is 0.496 e. The zero-order valence-corrected chi connectivity index (χ0v) is 17.8. The fourth-order valence-corrected chi connectivity index (χ4v) is 5.28. The Labute approximate surface area is 177 Å². The molecule has 3 aliphatic rings. The Morgan fingerprint density at radius 3 is 2.90 bits per heavy atom. The number of piperidine rings is 3. The van der Waals surface area contributed by atoms with Crippen molar-refractivity contribution in [2.24, 2.45) is 13.0 Å². The van der Waals surface area contributed by atoms with Crippen LogP contribution in [-0.2, 0) is 13.6 Å². The molecule has 6 nitrogen and oxygen atoms in total. The zero-order chi connectivity index (χ0) is 20.5. The lowest BCUT2D eigenvalue weighted by Crippen LogP contribution is -2.55. The maximum atomic E-state index is 5.55. The monoisotopic (exact) mass is 406 g/mol. The summed E-state index contributed by atoms with van der Waals surface area (Å²) in [5, 5.41) is 8.42. The number of benzene rings is 1. The number of methoxy groups -OCH3 is 1. The molecule has 4 unspecified atom stereocenters. The summed E-state index contributed by atoms with van der Waals surface area (Å²) >= 11 is 0. The first-order valence-corrected chi connectivity index (χ1v) is 10.9. The number of rotatable bonds is 7. The van der Waals surface area contributed by atoms with Gasteiger partial charge in [-0.05, 0) is 55.6 Å². The Hall–Kier alpha value is -2.57. The standard InChI is InChI=1S/C24H30N4O2/c1-27-23(13-22(26-27)20-7-3-4-8-24(20)29-2)21-16-28-10-9-17(21)12-18(28)14-25-15-19-6-5-11-30-19/h3-8,11,13,17-18,21,25H,9-10,12,14-16H2,1-2H3. The fraction of sp³-hybridized carbons (Fsp3) is 0.458. The molecule has 6 rings (SSSR count). The average Bonchev–Trinajstić information content (AvgIpc) is 3.44. The average molecular weight is 407 g/mol. The maximum absolute atomic E-state index is 5.55. The van der Waals surface area contributed by atoms with Gasteiger partial charge in [-0.1, -0.05) is 12.1 Å². The van der Waals surface area contributed by atoms with Crippen molar-refractivity contribution in [3.63, 3.8) is 0 Å². The number of ether oxygens (including phenoxy) is 1. The fourth-order valence-electron chi connectivity index (χ4n) is 5.28. The molecule has 0 radical (unpaired) electrons. The minimum atomic E-state index is 0.543. The van der Waals surface area contributed by atoms with Gasteiger partial charge in [-0.2, -0.15) is 5.10 Å². The van der Waals surface area contributed by atoms with E-state index in [4.69, 9.17) is 14.3 Å². The summed E-state index contributed by atoms with van der Waals surface area (Å²) in [7, 11) is 3.80. The lowest BCUT2D eigenvalue weighted by atomic mass is 9.74. The molecule has 30 heavy (non-hydrogen) atoms. The maximum Gasteiger partial charge on any atom is 0.128 e. The predicted octanol–water partition coefficient (Wildman–Crippen LogP) is 3.66. The van der Waals surface area contributed by atoms with Gasteiger partial charge in [0.25, 0.3) is 0 Å². The summed E-state index contributed by atoms with van der Waals surface area (Å²) in [5.74, 6) is 3.13. The van der Waals surface area contributed by atoms with E-state index in [1.54, 1.807) is 13.4 Å². The number of hydrogen-bond donors (Lipinski definition) is 1. The summed E-state index contributed by atoms with van der Waals surface area (Å²) in [6.07, 6.45) is 4.25. The highest BCUT2D eigenvalue weighted by Crippen LogP contribution is 2.42. The van der Waals surface area contributed by atoms with E-state index in [-0.39, 0.29) is 0 Å². The van der Waals surface area contributed by atoms with E-state index >= 15 is 0 Å². The van der Waals surface area contributed by atoms with Crippen molar-refractivity contribution in [2.75, 3.05) is 26.7 Å². The first-order valence-electron chi connectivity index (χ1n) is 10.9. The normalized spacial score (nSPS) is 25.5. The lowest BCUT2D eigenvalue weighted by Gasteiger charge is -2.50. The summed E-state index contributed by atoms with van der Waals surface area (Å²) in [4.78, 5) is 2.66. The van der Waals surface area contributed by atoms with Crippen LogP contribution in [0.15, 0.2) is 53.1 Å². The van der Waals surface area contributed by atoms with Crippen molar-refractivity contribution in [2.45, 2.75) is 31.3 Å². The molecule has 2 bridgehead atoms. The zero-order valence-electron chi connectivity index (χ0n) is 17.8. The van der Waals surface area contributed by atoms with Crippen molar-refractivity contribution in [3.05, 3.63) is 60.2 Å². The molecule has 1 aromatic carbocycles. The first-order chi connectivity index (χ1) is 14.7. The molecule has 3 aliphatic heterocycles. The molecule has 3 saturated heterocycles. The summed E-state index contributed by atoms with van der Waals surface area (Å²) in [6.45, 7) is 4.13. The van der Waals surface area contributed by atoms with Gasteiger partial charge in [-0.25, -0.2) is 0 Å². The van der Waals surface area contributed by atoms with Crippen LogP contribution in [0, 0.1) is 5.92 Å². The highest BCUT2D eigenvalue weighted by Gasteiger charge is 2.41. The third-order valence-electron chi connectivity index (χ3n) is 6.82. The lowest BCUT2D eigenvalue weighted by molar-refractivity contribution is 0.0280. The van der Waals surface area contributed by atoms with E-state index < -0.39 is 0 Å². The van der Waals surface area contributed by atoms with Gasteiger partial charge < -0.3 is 14.5 Å². The van der Waals surface area contributed by atoms with Gasteiger partial charge in [0.1, 0.15) is 11.5 Å². The van der Waals surface area contributed by atoms with Crippen molar-refractivity contribution in [1.82, 2.24) is 20.0 Å². The Morgan fingerprint density at radius 2 is 2.13 bits per heavy atom. The number of hydrogen-bond acceptors (Lipinski definition) is 5. The van der Waals surface area contributed by atoms with E-state index in [2.05, 4.69) is 34.1 Å². The molecule has 4 atom stereocenters. The van der Waals surface area contributed by atoms with Gasteiger partial charge >= 0.3 is 0 Å². The van der Waals surface area contributed by atoms with E-state index in [1.807, 2.05) is 30.3 Å². The van der Waals surface area contributed by atoms with Crippen LogP contribution in [-0.4, -0.2) is 47.5 Å². The van der Waals surface area contributed by atoms with Crippen LogP contribution in [0.4, 0.5) is 0 Å². The SMILES string of the molecule is COc1ccccc1-c1cc(C2CN3CCC2CC3CNCc2ccco2)n(C)n1. The van der Waals surface area contributed by atoms with Crippen LogP contribution in [0.3, 0.4) is 0 Å². The quantitative estimate of drug-likeness (QED) is 0.649. The Kier molecular flexibility index (Phi) is 5.35. The van der Waals surface area contributed by atoms with Crippen molar-refractivity contribution >= 4 is 0 Å². The summed E-state index contributed by atoms with van der Waals surface area (Å²) in [6, 6.07) is 15.0. The van der Waals surface area contributed by atoms with Crippen LogP contribution in [0.25, 0.3) is 11.3 Å². The number of aromatic nitrogens is 2. The van der Waals surface area contributed by atoms with Crippen LogP contribution in [0.5, 0.6) is 5.75 Å². The van der Waals surface area contributed by atoms with Crippen LogP contribution < -0.4 is 10.1 Å². The third kappa shape index (κ3) is 3.66. The first kappa shape index (κ1) is 19.4. The second-order valence-electron chi connectivity index (χ2n) is 8.53. The molecule has 2 aromatic heterocycles. The molecule has 0 saturated carbocycles. The van der Waals surface area contributed by atoms with Crippen molar-refractivity contribution in [3.8, 4) is 17.0 Å². The molecule has 158 valence electrons. The Balaban J connectivity index is 1.28. The molecule has 6 heteroatoms. The molecule has 3 aromatic rings. The minimum absolute atomic E-state index is 0.543. The molecule has 3 fully saturated rings. The van der Waals surface area contributed by atoms with Crippen molar-refractivity contribution < 1.29 is 9.15 Å². The second-order valence-corrected chi connectivity index (χ2v) is 8.53. The van der Waals surface area contributed by atoms with E-state index in [0.29, 0.717) is 17.9 Å². The summed E-state index contributed by atoms with van der Waals surface area (Å²) in [5.41, 5.74) is 3.40. The van der Waals surface area contributed by atoms with Gasteiger partial charge in [-0.15, -0.1) is 0 Å². The molecular formula is C24H30N4O2. The molecule has 0 amide bonds. The highest BCUT2D eigenvalue weighted by molar-refractivity contribution is 5.67. The molecule has 0 spiro atoms. The topological polar surface area (TPSA) is 55.5 Å². The van der Waals surface area contributed by atoms with E-state index in [9.17, 15) is 0 Å². The number of furan rings is 1. The Bertz CT molecular complexity index is 981. The molecule has 5 heterocycles. The van der Waals surface area contributed by atoms with Crippen LogP contribution in [0.2, 0.25) is 0 Å². The minimum Gasteiger partial charge on any atom is -0.496 e. The second kappa shape index (κ2) is 8.28. The number of para-hydroxylation sites is 1. The van der Waals surface area contributed by atoms with Gasteiger partial charge in [0, 0.05) is 43.4 Å². The van der Waals surface area contributed by atoms with E-state index in [1.165, 1.54) is 25.1 Å². The summed E-state index contributed by atoms with van der Waals surface area (Å²) < 4.78 is 13.1. The van der Waals surface area contributed by atoms with Crippen LogP contribution >= 0.6 is 0 Å². The number of aryl methyl sites for hydroxylation is 1. The number of fused-ring (bicyclic) bond motifs is 3. The number of nitrogens with one attached hydrogen (secondary N) is 1. The smallest absolute Gasteiger partial charge is 0.128 e. The molecule has 1 N–H and O–H groups in total. The molecule has 0 aliphatic carbocycles. The van der Waals surface area contributed by atoms with Crippen molar-refractivity contribution in [1.29, 1.82) is 0 Å². The third-order valence-corrected chi connectivity index (χ3v) is 6.82.